The van der Waals surface area contributed by atoms with Crippen LogP contribution in [-0.2, 0) is 23.8 Å². The highest BCUT2D eigenvalue weighted by Crippen LogP contribution is 2.66. The van der Waals surface area contributed by atoms with E-state index in [9.17, 15) is 13.2 Å². The Labute approximate surface area is 260 Å². The Morgan fingerprint density at radius 3 is 2.42 bits per heavy atom. The van der Waals surface area contributed by atoms with E-state index in [0.29, 0.717) is 22.9 Å². The molecule has 0 aliphatic heterocycles. The summed E-state index contributed by atoms with van der Waals surface area (Å²) < 4.78 is 36.3. The third kappa shape index (κ3) is 6.94. The second-order valence-corrected chi connectivity index (χ2v) is 16.3. The van der Waals surface area contributed by atoms with Gasteiger partial charge in [-0.15, -0.1) is 0 Å². The summed E-state index contributed by atoms with van der Waals surface area (Å²) in [5.41, 5.74) is 3.33. The largest absolute Gasteiger partial charge is 0.378 e. The topological polar surface area (TPSA) is 81.7 Å². The minimum atomic E-state index is -3.67. The second-order valence-electron chi connectivity index (χ2n) is 14.7. The Kier molecular flexibility index (Phi) is 10.1. The smallest absolute Gasteiger partial charge is 0.296 e. The van der Waals surface area contributed by atoms with E-state index in [1.165, 1.54) is 38.5 Å². The Balaban J connectivity index is 1.04. The van der Waals surface area contributed by atoms with E-state index < -0.39 is 10.1 Å². The summed E-state index contributed by atoms with van der Waals surface area (Å²) in [6.07, 6.45) is 16.4. The van der Waals surface area contributed by atoms with E-state index in [1.807, 2.05) is 6.92 Å². The third-order valence-corrected chi connectivity index (χ3v) is 13.4. The monoisotopic (exact) mass is 613 g/mol. The van der Waals surface area contributed by atoms with Crippen molar-refractivity contribution in [3.8, 4) is 0 Å². The van der Waals surface area contributed by atoms with Crippen LogP contribution in [0.3, 0.4) is 0 Å². The van der Waals surface area contributed by atoms with Gasteiger partial charge in [0.1, 0.15) is 0 Å². The third-order valence-electron chi connectivity index (χ3n) is 12.1. The van der Waals surface area contributed by atoms with E-state index in [4.69, 9.17) is 8.92 Å². The molecule has 3 unspecified atom stereocenters. The van der Waals surface area contributed by atoms with Crippen molar-refractivity contribution in [2.24, 2.45) is 34.5 Å². The molecule has 3 saturated carbocycles. The quantitative estimate of drug-likeness (QED) is 0.148. The van der Waals surface area contributed by atoms with Crippen molar-refractivity contribution >= 4 is 16.0 Å². The molecule has 1 amide bonds. The van der Waals surface area contributed by atoms with E-state index in [2.05, 4.69) is 32.2 Å². The molecule has 0 bridgehead atoms. The molecule has 0 radical (unpaired) electrons. The van der Waals surface area contributed by atoms with Gasteiger partial charge < -0.3 is 10.1 Å². The molecule has 0 aromatic heterocycles. The van der Waals surface area contributed by atoms with Crippen LogP contribution in [-0.4, -0.2) is 39.7 Å². The summed E-state index contributed by atoms with van der Waals surface area (Å²) >= 11 is 0. The van der Waals surface area contributed by atoms with Gasteiger partial charge in [0.25, 0.3) is 10.1 Å². The van der Waals surface area contributed by atoms with Crippen molar-refractivity contribution in [2.45, 2.75) is 129 Å². The first kappa shape index (κ1) is 32.7. The zero-order chi connectivity index (χ0) is 30.8. The van der Waals surface area contributed by atoms with Crippen LogP contribution in [0.15, 0.2) is 40.8 Å². The molecule has 43 heavy (non-hydrogen) atoms. The first-order valence-corrected chi connectivity index (χ1v) is 18.4. The highest BCUT2D eigenvalue weighted by molar-refractivity contribution is 7.86. The molecule has 0 saturated heterocycles. The lowest BCUT2D eigenvalue weighted by Gasteiger charge is -2.58. The number of rotatable bonds is 12. The number of aryl methyl sites for hydroxylation is 1. The molecular formula is C36H55NO5S. The van der Waals surface area contributed by atoms with Gasteiger partial charge in [-0.1, -0.05) is 56.0 Å². The summed E-state index contributed by atoms with van der Waals surface area (Å²) in [6, 6.07) is 7.04. The molecule has 3 fully saturated rings. The lowest BCUT2D eigenvalue weighted by Crippen LogP contribution is -2.52. The van der Waals surface area contributed by atoms with Gasteiger partial charge in [0, 0.05) is 19.6 Å². The number of carbonyl (C=O) groups is 1. The zero-order valence-electron chi connectivity index (χ0n) is 27.2. The molecular weight excluding hydrogens is 558 g/mol. The molecule has 7 heteroatoms. The second kappa shape index (κ2) is 13.3. The van der Waals surface area contributed by atoms with Gasteiger partial charge >= 0.3 is 0 Å². The fourth-order valence-corrected chi connectivity index (χ4v) is 10.7. The van der Waals surface area contributed by atoms with Crippen molar-refractivity contribution in [3.63, 3.8) is 0 Å². The van der Waals surface area contributed by atoms with Crippen LogP contribution in [0.25, 0.3) is 0 Å². The number of nitrogens with one attached hydrogen (secondary N) is 1. The molecule has 6 nitrogen and oxygen atoms in total. The number of fused-ring (bicyclic) bond motifs is 5. The van der Waals surface area contributed by atoms with Crippen molar-refractivity contribution in [1.82, 2.24) is 5.32 Å². The number of allylic oxidation sites excluding steroid dienone is 1. The van der Waals surface area contributed by atoms with Crippen LogP contribution in [0.2, 0.25) is 0 Å². The number of carbonyl (C=O) groups excluding carboxylic acids is 1. The molecule has 0 spiro atoms. The van der Waals surface area contributed by atoms with Gasteiger partial charge in [0.15, 0.2) is 0 Å². The van der Waals surface area contributed by atoms with Crippen molar-refractivity contribution in [3.05, 3.63) is 41.5 Å². The number of hydrogen-bond acceptors (Lipinski definition) is 5. The normalized spacial score (nSPS) is 34.4. The summed E-state index contributed by atoms with van der Waals surface area (Å²) in [4.78, 5) is 12.0. The minimum Gasteiger partial charge on any atom is -0.378 e. The van der Waals surface area contributed by atoms with Gasteiger partial charge in [-0.25, -0.2) is 0 Å². The molecule has 4 aliphatic carbocycles. The van der Waals surface area contributed by atoms with E-state index >= 15 is 0 Å². The predicted octanol–water partition coefficient (Wildman–Crippen LogP) is 7.75. The Bertz CT molecular complexity index is 1260. The van der Waals surface area contributed by atoms with Crippen LogP contribution < -0.4 is 5.32 Å². The molecule has 1 aromatic rings. The summed E-state index contributed by atoms with van der Waals surface area (Å²) in [5, 5.41) is 3.23. The lowest BCUT2D eigenvalue weighted by molar-refractivity contribution is -0.120. The highest BCUT2D eigenvalue weighted by atomic mass is 32.2. The summed E-state index contributed by atoms with van der Waals surface area (Å²) in [7, 11) is -3.67. The maximum atomic E-state index is 12.3. The fourth-order valence-electron chi connectivity index (χ4n) is 9.80. The Morgan fingerprint density at radius 1 is 0.977 bits per heavy atom. The number of unbranched alkanes of at least 4 members (excludes halogenated alkanes) is 3. The molecule has 0 heterocycles. The molecule has 1 N–H and O–H groups in total. The lowest BCUT2D eigenvalue weighted by atomic mass is 9.47. The van der Waals surface area contributed by atoms with Gasteiger partial charge in [-0.2, -0.15) is 8.42 Å². The van der Waals surface area contributed by atoms with Crippen LogP contribution in [0.1, 0.15) is 110 Å². The van der Waals surface area contributed by atoms with Crippen LogP contribution in [0.5, 0.6) is 0 Å². The van der Waals surface area contributed by atoms with Crippen LogP contribution in [0.4, 0.5) is 0 Å². The molecule has 1 aromatic carbocycles. The van der Waals surface area contributed by atoms with Crippen molar-refractivity contribution < 1.29 is 22.1 Å². The number of benzene rings is 1. The zero-order valence-corrected chi connectivity index (χ0v) is 28.0. The number of hydrogen-bond donors (Lipinski definition) is 1. The summed E-state index contributed by atoms with van der Waals surface area (Å²) in [5.74, 6) is 3.00. The van der Waals surface area contributed by atoms with Crippen molar-refractivity contribution in [2.75, 3.05) is 13.2 Å². The number of ether oxygens (including phenoxy) is 1. The molecule has 8 atom stereocenters. The Hall–Kier alpha value is -1.70. The van der Waals surface area contributed by atoms with Crippen LogP contribution >= 0.6 is 0 Å². The van der Waals surface area contributed by atoms with E-state index in [-0.39, 0.29) is 23.5 Å². The summed E-state index contributed by atoms with van der Waals surface area (Å²) in [6.45, 7) is 11.9. The van der Waals surface area contributed by atoms with Crippen molar-refractivity contribution in [1.29, 1.82) is 0 Å². The Morgan fingerprint density at radius 2 is 1.70 bits per heavy atom. The molecule has 5 rings (SSSR count). The van der Waals surface area contributed by atoms with Gasteiger partial charge in [0.05, 0.1) is 17.6 Å². The van der Waals surface area contributed by atoms with E-state index in [0.717, 1.165) is 68.4 Å². The van der Waals surface area contributed by atoms with Crippen LogP contribution in [0, 0.1) is 41.4 Å². The fraction of sp³-hybridized carbons (Fsp3) is 0.750. The average Bonchev–Trinajstić information content (AvgIpc) is 3.32. The first-order valence-electron chi connectivity index (χ1n) is 17.0. The molecule has 240 valence electrons. The van der Waals surface area contributed by atoms with Gasteiger partial charge in [-0.05, 0) is 125 Å². The SMILES string of the molecule is CC(=O)N[C@@H](C)[C@H]1CCC2C3CC=C4C[C@@H](OCCCCCCOS(=O)(=O)c5ccc(C)cc5)CC[C@]4(C)C3CC[C@@]21C. The van der Waals surface area contributed by atoms with E-state index in [1.54, 1.807) is 36.8 Å². The number of amides is 1. The maximum absolute atomic E-state index is 12.3. The predicted molar refractivity (Wildman–Crippen MR) is 171 cm³/mol. The highest BCUT2D eigenvalue weighted by Gasteiger charge is 2.59. The maximum Gasteiger partial charge on any atom is 0.296 e. The minimum absolute atomic E-state index is 0.0989. The van der Waals surface area contributed by atoms with Gasteiger partial charge in [-0.3, -0.25) is 8.98 Å². The van der Waals surface area contributed by atoms with Gasteiger partial charge in [0.2, 0.25) is 5.91 Å². The standard InChI is InChI=1S/C36H55NO5S/c1-25-10-13-30(14-11-25)43(39,40)42-23-9-7-6-8-22-41-29-18-20-35(4)28(24-29)12-15-31-33-17-16-32(26(2)37-27(3)38)36(33,5)21-19-34(31)35/h10-14,26,29,31-34H,6-9,15-24H2,1-5H3,(H,37,38)/t26-,29-,31?,32+,33?,34?,35-,36+/m0/s1. The first-order chi connectivity index (χ1) is 20.4. The average molecular weight is 614 g/mol. The molecule has 4 aliphatic rings.